The number of benzene rings is 1. The van der Waals surface area contributed by atoms with E-state index in [9.17, 15) is 0 Å². The molecule has 1 aliphatic heterocycles. The van der Waals surface area contributed by atoms with Crippen LogP contribution >= 0.6 is 0 Å². The van der Waals surface area contributed by atoms with Crippen molar-refractivity contribution in [2.45, 2.75) is 25.6 Å². The molecule has 1 unspecified atom stereocenters. The van der Waals surface area contributed by atoms with Crippen molar-refractivity contribution in [3.8, 4) is 5.75 Å². The van der Waals surface area contributed by atoms with Gasteiger partial charge in [0.05, 0.1) is 6.61 Å². The van der Waals surface area contributed by atoms with Crippen LogP contribution in [0, 0.1) is 6.07 Å². The predicted molar refractivity (Wildman–Crippen MR) is 55.3 cm³/mol. The molecule has 2 rings (SSSR count). The molecule has 0 spiro atoms. The second-order valence-electron chi connectivity index (χ2n) is 3.14. The summed E-state index contributed by atoms with van der Waals surface area (Å²) in [6.07, 6.45) is 3.27. The third kappa shape index (κ3) is 5.20. The smallest absolute Gasteiger partial charge is 1.00 e. The molecule has 1 aliphatic rings. The maximum atomic E-state index is 5.58. The minimum atomic E-state index is -0.0626. The second kappa shape index (κ2) is 8.39. The topological polar surface area (TPSA) is 18.5 Å². The van der Waals surface area contributed by atoms with Crippen molar-refractivity contribution in [1.29, 1.82) is 0 Å². The summed E-state index contributed by atoms with van der Waals surface area (Å²) in [5.41, 5.74) is 0. The molecule has 78 valence electrons. The number of ether oxygens (including phenoxy) is 2. The van der Waals surface area contributed by atoms with E-state index in [0.717, 1.165) is 25.2 Å². The first-order chi connectivity index (χ1) is 6.45. The fourth-order valence-corrected chi connectivity index (χ4v) is 1.40. The Morgan fingerprint density at radius 1 is 1.33 bits per heavy atom. The molecule has 1 aromatic rings. The summed E-state index contributed by atoms with van der Waals surface area (Å²) in [5, 5.41) is 0. The molecule has 1 aromatic carbocycles. The fourth-order valence-electron chi connectivity index (χ4n) is 1.40. The van der Waals surface area contributed by atoms with Crippen molar-refractivity contribution in [3.05, 3.63) is 30.3 Å². The normalized spacial score (nSPS) is 19.6. The van der Waals surface area contributed by atoms with Crippen molar-refractivity contribution in [3.63, 3.8) is 0 Å². The third-order valence-corrected chi connectivity index (χ3v) is 2.08. The SMILES string of the molecule is [Br-].[Mg+2].[c-]1ccccc1OC1CCCCO1. The van der Waals surface area contributed by atoms with Gasteiger partial charge in [-0.05, 0) is 12.8 Å². The van der Waals surface area contributed by atoms with Crippen LogP contribution in [0.5, 0.6) is 5.75 Å². The van der Waals surface area contributed by atoms with Crippen LogP contribution in [0.15, 0.2) is 24.3 Å². The van der Waals surface area contributed by atoms with E-state index >= 15 is 0 Å². The molecule has 0 aliphatic carbocycles. The van der Waals surface area contributed by atoms with Crippen molar-refractivity contribution >= 4 is 23.1 Å². The van der Waals surface area contributed by atoms with Gasteiger partial charge >= 0.3 is 23.1 Å². The first-order valence-corrected chi connectivity index (χ1v) is 4.70. The minimum absolute atomic E-state index is 0. The van der Waals surface area contributed by atoms with Gasteiger partial charge in [-0.25, -0.2) is 0 Å². The van der Waals surface area contributed by atoms with Crippen LogP contribution in [0.3, 0.4) is 0 Å². The zero-order valence-electron chi connectivity index (χ0n) is 8.62. The van der Waals surface area contributed by atoms with Gasteiger partial charge in [-0.3, -0.25) is 0 Å². The molecule has 4 heteroatoms. The van der Waals surface area contributed by atoms with E-state index in [4.69, 9.17) is 9.47 Å². The van der Waals surface area contributed by atoms with Gasteiger partial charge in [0.2, 0.25) is 0 Å². The van der Waals surface area contributed by atoms with Crippen LogP contribution in [-0.4, -0.2) is 35.9 Å². The van der Waals surface area contributed by atoms with Gasteiger partial charge in [-0.2, -0.15) is 18.2 Å². The van der Waals surface area contributed by atoms with Gasteiger partial charge in [-0.15, -0.1) is 12.1 Å². The molecule has 0 amide bonds. The van der Waals surface area contributed by atoms with Gasteiger partial charge < -0.3 is 26.5 Å². The van der Waals surface area contributed by atoms with E-state index in [0.29, 0.717) is 0 Å². The van der Waals surface area contributed by atoms with E-state index in [2.05, 4.69) is 6.07 Å². The first kappa shape index (κ1) is 15.2. The number of halogens is 1. The fraction of sp³-hybridized carbons (Fsp3) is 0.455. The summed E-state index contributed by atoms with van der Waals surface area (Å²) in [7, 11) is 0. The predicted octanol–water partition coefficient (Wildman–Crippen LogP) is -0.985. The Kier molecular flexibility index (Phi) is 8.51. The Bertz CT molecular complexity index is 250. The molecule has 0 aromatic heterocycles. The third-order valence-electron chi connectivity index (χ3n) is 2.08. The largest absolute Gasteiger partial charge is 2.00 e. The summed E-state index contributed by atoms with van der Waals surface area (Å²) in [6, 6.07) is 10.6. The van der Waals surface area contributed by atoms with E-state index in [1.807, 2.05) is 24.3 Å². The van der Waals surface area contributed by atoms with Crippen LogP contribution in [0.1, 0.15) is 19.3 Å². The summed E-state index contributed by atoms with van der Waals surface area (Å²) >= 11 is 0. The summed E-state index contributed by atoms with van der Waals surface area (Å²) in [5.74, 6) is 0.773. The molecule has 0 saturated carbocycles. The second-order valence-corrected chi connectivity index (χ2v) is 3.14. The zero-order valence-corrected chi connectivity index (χ0v) is 11.6. The molecular formula is C11H13BrMgO2. The Morgan fingerprint density at radius 2 is 2.20 bits per heavy atom. The van der Waals surface area contributed by atoms with Gasteiger partial charge in [0.15, 0.2) is 6.29 Å². The van der Waals surface area contributed by atoms with Crippen LogP contribution in [0.4, 0.5) is 0 Å². The zero-order chi connectivity index (χ0) is 8.93. The molecule has 15 heavy (non-hydrogen) atoms. The standard InChI is InChI=1S/C11H13O2.BrH.Mg/c1-2-6-10(7-3-1)13-11-8-4-5-9-12-11;;/h1-3,6,11H,4-5,8-9H2;1H;/q-1;;+2/p-1. The Labute approximate surface area is 117 Å². The minimum Gasteiger partial charge on any atom is -1.00 e. The summed E-state index contributed by atoms with van der Waals surface area (Å²) in [4.78, 5) is 0. The van der Waals surface area contributed by atoms with E-state index in [-0.39, 0.29) is 46.3 Å². The van der Waals surface area contributed by atoms with Crippen LogP contribution in [-0.2, 0) is 4.74 Å². The van der Waals surface area contributed by atoms with Crippen LogP contribution < -0.4 is 21.7 Å². The summed E-state index contributed by atoms with van der Waals surface area (Å²) in [6.45, 7) is 0.817. The molecule has 1 saturated heterocycles. The van der Waals surface area contributed by atoms with Gasteiger partial charge in [0.25, 0.3) is 0 Å². The maximum Gasteiger partial charge on any atom is 2.00 e. The number of para-hydroxylation sites is 1. The average molecular weight is 281 g/mol. The Balaban J connectivity index is 0.000000980. The maximum absolute atomic E-state index is 5.58. The molecule has 0 radical (unpaired) electrons. The molecule has 0 bridgehead atoms. The molecule has 2 nitrogen and oxygen atoms in total. The van der Waals surface area contributed by atoms with Crippen LogP contribution in [0.2, 0.25) is 0 Å². The van der Waals surface area contributed by atoms with Crippen molar-refractivity contribution in [2.75, 3.05) is 6.61 Å². The molecule has 0 N–H and O–H groups in total. The Morgan fingerprint density at radius 3 is 2.80 bits per heavy atom. The molecule has 1 fully saturated rings. The number of hydrogen-bond acceptors (Lipinski definition) is 2. The molecule has 1 heterocycles. The van der Waals surface area contributed by atoms with Gasteiger partial charge in [-0.1, -0.05) is 0 Å². The van der Waals surface area contributed by atoms with E-state index in [1.54, 1.807) is 0 Å². The molecular weight excluding hydrogens is 268 g/mol. The van der Waals surface area contributed by atoms with Gasteiger partial charge in [0, 0.05) is 12.2 Å². The van der Waals surface area contributed by atoms with E-state index < -0.39 is 0 Å². The Hall–Kier alpha value is 0.226. The van der Waals surface area contributed by atoms with E-state index in [1.165, 1.54) is 6.42 Å². The van der Waals surface area contributed by atoms with Gasteiger partial charge in [0.1, 0.15) is 0 Å². The van der Waals surface area contributed by atoms with Crippen LogP contribution in [0.25, 0.3) is 0 Å². The monoisotopic (exact) mass is 280 g/mol. The van der Waals surface area contributed by atoms with Crippen molar-refractivity contribution < 1.29 is 26.5 Å². The van der Waals surface area contributed by atoms with Crippen molar-refractivity contribution in [2.24, 2.45) is 0 Å². The number of rotatable bonds is 2. The molecule has 1 atom stereocenters. The first-order valence-electron chi connectivity index (χ1n) is 4.70. The number of hydrogen-bond donors (Lipinski definition) is 0. The van der Waals surface area contributed by atoms with Crippen molar-refractivity contribution in [1.82, 2.24) is 0 Å². The summed E-state index contributed by atoms with van der Waals surface area (Å²) < 4.78 is 11.0. The average Bonchev–Trinajstić information content (AvgIpc) is 2.21. The quantitative estimate of drug-likeness (QED) is 0.512.